The summed E-state index contributed by atoms with van der Waals surface area (Å²) in [6.07, 6.45) is 1.28. The average Bonchev–Trinajstić information content (AvgIpc) is 2.99. The van der Waals surface area contributed by atoms with Gasteiger partial charge in [0.05, 0.1) is 12.1 Å². The van der Waals surface area contributed by atoms with E-state index >= 15 is 0 Å². The summed E-state index contributed by atoms with van der Waals surface area (Å²) in [5.74, 6) is -3.68. The van der Waals surface area contributed by atoms with Gasteiger partial charge in [-0.15, -0.1) is 0 Å². The zero-order chi connectivity index (χ0) is 21.0. The van der Waals surface area contributed by atoms with E-state index in [2.05, 4.69) is 0 Å². The van der Waals surface area contributed by atoms with Crippen molar-refractivity contribution in [1.82, 2.24) is 4.90 Å². The Hall–Kier alpha value is -3.81. The fraction of sp³-hybridized carbons (Fsp3) is 0.143. The normalized spacial score (nSPS) is 16.4. The summed E-state index contributed by atoms with van der Waals surface area (Å²) >= 11 is 0. The van der Waals surface area contributed by atoms with E-state index in [-0.39, 0.29) is 18.7 Å². The van der Waals surface area contributed by atoms with E-state index in [1.807, 2.05) is 0 Å². The van der Waals surface area contributed by atoms with Crippen LogP contribution >= 0.6 is 0 Å². The van der Waals surface area contributed by atoms with Crippen LogP contribution in [0.5, 0.6) is 0 Å². The zero-order valence-corrected chi connectivity index (χ0v) is 15.2. The highest BCUT2D eigenvalue weighted by molar-refractivity contribution is 6.23. The van der Waals surface area contributed by atoms with Crippen molar-refractivity contribution in [2.24, 2.45) is 0 Å². The third kappa shape index (κ3) is 4.55. The average molecular weight is 396 g/mol. The van der Waals surface area contributed by atoms with Crippen LogP contribution in [-0.2, 0) is 25.7 Å². The van der Waals surface area contributed by atoms with Gasteiger partial charge in [-0.2, -0.15) is 0 Å². The van der Waals surface area contributed by atoms with Crippen LogP contribution in [0, 0.1) is 5.82 Å². The Morgan fingerprint density at radius 2 is 1.72 bits per heavy atom. The van der Waals surface area contributed by atoms with E-state index in [4.69, 9.17) is 5.11 Å². The number of hydrogen-bond acceptors (Lipinski definition) is 4. The number of hydrogen-bond donors (Lipinski definition) is 1. The second-order valence-electron chi connectivity index (χ2n) is 6.39. The van der Waals surface area contributed by atoms with Gasteiger partial charge in [-0.1, -0.05) is 30.3 Å². The van der Waals surface area contributed by atoms with Crippen LogP contribution in [0.4, 0.5) is 10.1 Å². The topological polar surface area (TPSA) is 95.0 Å². The standard InChI is InChI=1S/C21H17FN2O5/c22-15-6-8-16(9-7-15)24-19(26)12-17(21(24)29)23(18(25)10-11-20(27)28)13-14-4-2-1-3-5-14/h1-11,17H,12-13H2,(H,27,28). The first-order valence-corrected chi connectivity index (χ1v) is 8.74. The number of carboxylic acids is 1. The molecule has 0 saturated carbocycles. The third-order valence-corrected chi connectivity index (χ3v) is 4.43. The Labute approximate surface area is 165 Å². The number of rotatable bonds is 6. The van der Waals surface area contributed by atoms with Gasteiger partial charge in [0.25, 0.3) is 5.91 Å². The number of benzene rings is 2. The summed E-state index contributed by atoms with van der Waals surface area (Å²) in [5.41, 5.74) is 0.919. The second-order valence-corrected chi connectivity index (χ2v) is 6.39. The Balaban J connectivity index is 1.91. The van der Waals surface area contributed by atoms with Gasteiger partial charge in [-0.25, -0.2) is 14.1 Å². The van der Waals surface area contributed by atoms with Crippen LogP contribution in [0.1, 0.15) is 12.0 Å². The lowest BCUT2D eigenvalue weighted by Gasteiger charge is -2.26. The number of amides is 3. The first-order valence-electron chi connectivity index (χ1n) is 8.74. The maximum absolute atomic E-state index is 13.2. The van der Waals surface area contributed by atoms with Crippen LogP contribution in [0.25, 0.3) is 0 Å². The SMILES string of the molecule is O=C(O)C=CC(=O)N(Cc1ccccc1)C1CC(=O)N(c2ccc(F)cc2)C1=O. The monoisotopic (exact) mass is 396 g/mol. The molecule has 0 aromatic heterocycles. The summed E-state index contributed by atoms with van der Waals surface area (Å²) in [4.78, 5) is 50.9. The molecule has 8 heteroatoms. The Morgan fingerprint density at radius 3 is 2.34 bits per heavy atom. The molecular formula is C21H17FN2O5. The number of halogens is 1. The molecule has 0 radical (unpaired) electrons. The number of aliphatic carboxylic acids is 1. The Bertz CT molecular complexity index is 972. The van der Waals surface area contributed by atoms with Gasteiger partial charge in [0, 0.05) is 18.7 Å². The number of carbonyl (C=O) groups is 4. The quantitative estimate of drug-likeness (QED) is 0.596. The summed E-state index contributed by atoms with van der Waals surface area (Å²) in [7, 11) is 0. The molecule has 29 heavy (non-hydrogen) atoms. The van der Waals surface area contributed by atoms with Gasteiger partial charge in [0.1, 0.15) is 11.9 Å². The molecule has 0 bridgehead atoms. The van der Waals surface area contributed by atoms with E-state index in [1.54, 1.807) is 30.3 Å². The van der Waals surface area contributed by atoms with Crippen molar-refractivity contribution in [3.05, 3.63) is 78.1 Å². The highest BCUT2D eigenvalue weighted by Crippen LogP contribution is 2.27. The van der Waals surface area contributed by atoms with Crippen molar-refractivity contribution in [2.75, 3.05) is 4.90 Å². The molecule has 2 aromatic rings. The molecule has 7 nitrogen and oxygen atoms in total. The van der Waals surface area contributed by atoms with Gasteiger partial charge in [-0.05, 0) is 29.8 Å². The van der Waals surface area contributed by atoms with Crippen molar-refractivity contribution < 1.29 is 28.7 Å². The fourth-order valence-corrected chi connectivity index (χ4v) is 3.08. The first-order chi connectivity index (χ1) is 13.9. The van der Waals surface area contributed by atoms with Crippen LogP contribution in [-0.4, -0.2) is 39.7 Å². The molecule has 2 aromatic carbocycles. The first kappa shape index (κ1) is 19.9. The molecule has 1 N–H and O–H groups in total. The smallest absolute Gasteiger partial charge is 0.328 e. The van der Waals surface area contributed by atoms with Crippen molar-refractivity contribution in [3.8, 4) is 0 Å². The minimum Gasteiger partial charge on any atom is -0.478 e. The van der Waals surface area contributed by atoms with E-state index in [9.17, 15) is 23.6 Å². The highest BCUT2D eigenvalue weighted by atomic mass is 19.1. The van der Waals surface area contributed by atoms with Gasteiger partial charge in [-0.3, -0.25) is 14.4 Å². The number of carboxylic acid groups (broad SMARTS) is 1. The van der Waals surface area contributed by atoms with Crippen molar-refractivity contribution >= 4 is 29.4 Å². The zero-order valence-electron chi connectivity index (χ0n) is 15.2. The lowest BCUT2D eigenvalue weighted by atomic mass is 10.1. The van der Waals surface area contributed by atoms with Gasteiger partial charge in [0.15, 0.2) is 0 Å². The Morgan fingerprint density at radius 1 is 1.07 bits per heavy atom. The molecule has 3 amide bonds. The predicted molar refractivity (Wildman–Crippen MR) is 101 cm³/mol. The molecule has 1 aliphatic rings. The second kappa shape index (κ2) is 8.47. The number of anilines is 1. The molecular weight excluding hydrogens is 379 g/mol. The maximum Gasteiger partial charge on any atom is 0.328 e. The molecule has 1 heterocycles. The molecule has 1 unspecified atom stereocenters. The molecule has 1 aliphatic heterocycles. The summed E-state index contributed by atoms with van der Waals surface area (Å²) in [5, 5.41) is 8.79. The molecule has 1 atom stereocenters. The summed E-state index contributed by atoms with van der Waals surface area (Å²) in [6.45, 7) is 0.0184. The maximum atomic E-state index is 13.2. The predicted octanol–water partition coefficient (Wildman–Crippen LogP) is 2.13. The van der Waals surface area contributed by atoms with Crippen molar-refractivity contribution in [2.45, 2.75) is 19.0 Å². The van der Waals surface area contributed by atoms with E-state index < -0.39 is 35.5 Å². The van der Waals surface area contributed by atoms with Crippen LogP contribution in [0.3, 0.4) is 0 Å². The van der Waals surface area contributed by atoms with Crippen molar-refractivity contribution in [3.63, 3.8) is 0 Å². The summed E-state index contributed by atoms with van der Waals surface area (Å²) < 4.78 is 13.2. The molecule has 1 fully saturated rings. The van der Waals surface area contributed by atoms with Crippen molar-refractivity contribution in [1.29, 1.82) is 0 Å². The van der Waals surface area contributed by atoms with Crippen LogP contribution in [0.15, 0.2) is 66.7 Å². The highest BCUT2D eigenvalue weighted by Gasteiger charge is 2.44. The summed E-state index contributed by atoms with van der Waals surface area (Å²) in [6, 6.07) is 12.6. The largest absolute Gasteiger partial charge is 0.478 e. The van der Waals surface area contributed by atoms with Crippen LogP contribution < -0.4 is 4.90 Å². The van der Waals surface area contributed by atoms with Gasteiger partial charge in [0.2, 0.25) is 11.8 Å². The molecule has 0 spiro atoms. The molecule has 3 rings (SSSR count). The van der Waals surface area contributed by atoms with Gasteiger partial charge < -0.3 is 10.0 Å². The Kier molecular flexibility index (Phi) is 5.82. The van der Waals surface area contributed by atoms with E-state index in [1.165, 1.54) is 17.0 Å². The molecule has 1 saturated heterocycles. The molecule has 148 valence electrons. The minimum atomic E-state index is -1.31. The van der Waals surface area contributed by atoms with Gasteiger partial charge >= 0.3 is 5.97 Å². The number of imide groups is 1. The molecule has 0 aliphatic carbocycles. The lowest BCUT2D eigenvalue weighted by Crippen LogP contribution is -2.44. The third-order valence-electron chi connectivity index (χ3n) is 4.43. The fourth-order valence-electron chi connectivity index (χ4n) is 3.08. The van der Waals surface area contributed by atoms with E-state index in [0.29, 0.717) is 11.6 Å². The minimum absolute atomic E-state index is 0.0184. The number of carbonyl (C=O) groups excluding carboxylic acids is 3. The number of nitrogens with zero attached hydrogens (tertiary/aromatic N) is 2. The van der Waals surface area contributed by atoms with E-state index in [0.717, 1.165) is 23.1 Å². The lowest BCUT2D eigenvalue weighted by molar-refractivity contribution is -0.135. The van der Waals surface area contributed by atoms with Crippen LogP contribution in [0.2, 0.25) is 0 Å².